The molecule has 3 amide bonds. The van der Waals surface area contributed by atoms with Crippen molar-refractivity contribution in [2.75, 3.05) is 32.6 Å². The van der Waals surface area contributed by atoms with Gasteiger partial charge in [-0.05, 0) is 12.8 Å². The van der Waals surface area contributed by atoms with E-state index in [-0.39, 0.29) is 49.8 Å². The van der Waals surface area contributed by atoms with Gasteiger partial charge < -0.3 is 17.0 Å². The van der Waals surface area contributed by atoms with Crippen LogP contribution in [-0.4, -0.2) is 75.9 Å². The third kappa shape index (κ3) is 3.89. The number of hydrogen-bond acceptors (Lipinski definition) is 5. The number of likely N-dealkylation sites (tertiary alicyclic amines) is 1. The highest BCUT2D eigenvalue weighted by molar-refractivity contribution is 8.08. The lowest BCUT2D eigenvalue weighted by Crippen LogP contribution is -3.00. The number of imide groups is 1. The zero-order valence-electron chi connectivity index (χ0n) is 14.9. The Labute approximate surface area is 168 Å². The van der Waals surface area contributed by atoms with Crippen LogP contribution in [0.1, 0.15) is 32.1 Å². The molecular weight excluding hydrogens is 426 g/mol. The molecule has 2 heterocycles. The van der Waals surface area contributed by atoms with Crippen molar-refractivity contribution in [3.63, 3.8) is 0 Å². The molecule has 1 N–H and O–H groups in total. The molecule has 0 radical (unpaired) electrons. The molecular formula is C16H26BrN3O3S2. The zero-order chi connectivity index (χ0) is 17.5. The van der Waals surface area contributed by atoms with Crippen LogP contribution in [-0.2, 0) is 14.4 Å². The van der Waals surface area contributed by atoms with Gasteiger partial charge in [-0.1, -0.05) is 19.3 Å². The number of carbonyl (C=O) groups excluding carboxylic acids is 3. The van der Waals surface area contributed by atoms with E-state index < -0.39 is 5.54 Å². The summed E-state index contributed by atoms with van der Waals surface area (Å²) in [5.41, 5.74) is 1.96. The summed E-state index contributed by atoms with van der Waals surface area (Å²) in [5, 5.41) is -0.626. The van der Waals surface area contributed by atoms with Crippen molar-refractivity contribution in [1.29, 1.82) is 0 Å². The Morgan fingerprint density at radius 1 is 1.04 bits per heavy atom. The summed E-state index contributed by atoms with van der Waals surface area (Å²) in [7, 11) is 5.61. The van der Waals surface area contributed by atoms with Crippen molar-refractivity contribution >= 4 is 41.2 Å². The quantitative estimate of drug-likeness (QED) is 0.306. The van der Waals surface area contributed by atoms with E-state index in [0.29, 0.717) is 12.8 Å². The number of amides is 3. The van der Waals surface area contributed by atoms with Crippen LogP contribution in [0, 0.1) is 0 Å². The lowest BCUT2D eigenvalue weighted by molar-refractivity contribution is -0.906. The standard InChI is InChI=1S/C16H25N3O3S2.BrH/c1-19(2,3)17-15(22)16(7-5-4-6-8-16)18-13(20)11-12(14(18)21)24-10-9-23-11;/h11-12H,4-10H2,1-3H3;1H. The van der Waals surface area contributed by atoms with Crippen LogP contribution in [0.25, 0.3) is 0 Å². The fourth-order valence-electron chi connectivity index (χ4n) is 3.81. The molecule has 6 nitrogen and oxygen atoms in total. The summed E-state index contributed by atoms with van der Waals surface area (Å²) >= 11 is 3.14. The number of halogens is 1. The summed E-state index contributed by atoms with van der Waals surface area (Å²) in [6, 6.07) is 0. The van der Waals surface area contributed by atoms with E-state index in [1.165, 1.54) is 4.90 Å². The van der Waals surface area contributed by atoms with Gasteiger partial charge in [0.15, 0.2) is 0 Å². The van der Waals surface area contributed by atoms with Gasteiger partial charge in [0.1, 0.15) is 16.0 Å². The topological polar surface area (TPSA) is 66.5 Å². The maximum absolute atomic E-state index is 13.1. The van der Waals surface area contributed by atoms with Gasteiger partial charge >= 0.3 is 0 Å². The van der Waals surface area contributed by atoms with Crippen LogP contribution in [0.5, 0.6) is 0 Å². The average molecular weight is 452 g/mol. The van der Waals surface area contributed by atoms with E-state index in [1.807, 2.05) is 21.1 Å². The van der Waals surface area contributed by atoms with Crippen molar-refractivity contribution in [3.8, 4) is 0 Å². The Morgan fingerprint density at radius 2 is 1.52 bits per heavy atom. The van der Waals surface area contributed by atoms with Crippen LogP contribution in [0.2, 0.25) is 0 Å². The number of quaternary nitrogens is 1. The normalized spacial score (nSPS) is 29.0. The van der Waals surface area contributed by atoms with Crippen LogP contribution in [0.15, 0.2) is 0 Å². The van der Waals surface area contributed by atoms with Crippen LogP contribution >= 0.6 is 23.5 Å². The van der Waals surface area contributed by atoms with Crippen LogP contribution < -0.4 is 22.4 Å². The molecule has 3 fully saturated rings. The Balaban J connectivity index is 0.00000225. The SMILES string of the molecule is C[N+](C)(C)NC(=O)C1(N2C(=O)C3SCCSC3C2=O)CCCCC1.[Br-]. The third-order valence-electron chi connectivity index (χ3n) is 4.85. The molecule has 142 valence electrons. The Hall–Kier alpha value is -0.250. The number of nitrogens with one attached hydrogen (secondary N) is 1. The molecule has 2 unspecified atom stereocenters. The second kappa shape index (κ2) is 7.78. The highest BCUT2D eigenvalue weighted by atomic mass is 79.9. The number of fused-ring (bicyclic) bond motifs is 1. The van der Waals surface area contributed by atoms with Gasteiger partial charge in [0.25, 0.3) is 5.91 Å². The predicted molar refractivity (Wildman–Crippen MR) is 96.3 cm³/mol. The lowest BCUT2D eigenvalue weighted by atomic mass is 9.79. The van der Waals surface area contributed by atoms with Gasteiger partial charge in [0.2, 0.25) is 11.8 Å². The van der Waals surface area contributed by atoms with Crippen LogP contribution in [0.4, 0.5) is 0 Å². The monoisotopic (exact) mass is 451 g/mol. The summed E-state index contributed by atoms with van der Waals surface area (Å²) in [6.45, 7) is 0. The van der Waals surface area contributed by atoms with E-state index in [2.05, 4.69) is 5.43 Å². The number of hydrogen-bond donors (Lipinski definition) is 1. The Morgan fingerprint density at radius 3 is 1.96 bits per heavy atom. The predicted octanol–water partition coefficient (Wildman–Crippen LogP) is -1.98. The second-order valence-electron chi connectivity index (χ2n) is 7.64. The summed E-state index contributed by atoms with van der Waals surface area (Å²) < 4.78 is 0.271. The second-order valence-corrected chi connectivity index (χ2v) is 10.1. The highest BCUT2D eigenvalue weighted by Gasteiger charge is 2.60. The molecule has 2 saturated heterocycles. The van der Waals surface area contributed by atoms with Gasteiger partial charge in [-0.3, -0.25) is 19.3 Å². The molecule has 3 aliphatic rings. The molecule has 0 aromatic carbocycles. The van der Waals surface area contributed by atoms with Gasteiger partial charge in [0.05, 0.1) is 21.1 Å². The zero-order valence-corrected chi connectivity index (χ0v) is 18.1. The summed E-state index contributed by atoms with van der Waals surface area (Å²) in [5.74, 6) is 1.28. The molecule has 3 rings (SSSR count). The smallest absolute Gasteiger partial charge is 0.291 e. The maximum Gasteiger partial charge on any atom is 0.291 e. The molecule has 1 saturated carbocycles. The number of carbonyl (C=O) groups is 3. The fraction of sp³-hybridized carbons (Fsp3) is 0.812. The van der Waals surface area contributed by atoms with Crippen molar-refractivity contribution in [2.24, 2.45) is 0 Å². The Kier molecular flexibility index (Phi) is 6.55. The van der Waals surface area contributed by atoms with Crippen LogP contribution in [0.3, 0.4) is 0 Å². The maximum atomic E-state index is 13.1. The van der Waals surface area contributed by atoms with Crippen molar-refractivity contribution in [2.45, 2.75) is 48.1 Å². The van der Waals surface area contributed by atoms with E-state index >= 15 is 0 Å². The van der Waals surface area contributed by atoms with Crippen molar-refractivity contribution in [1.82, 2.24) is 10.3 Å². The van der Waals surface area contributed by atoms with E-state index in [4.69, 9.17) is 0 Å². The van der Waals surface area contributed by atoms with Gasteiger partial charge in [-0.2, -0.15) is 0 Å². The summed E-state index contributed by atoms with van der Waals surface area (Å²) in [6.07, 6.45) is 3.94. The minimum absolute atomic E-state index is 0. The lowest BCUT2D eigenvalue weighted by Gasteiger charge is -2.43. The third-order valence-corrected chi connectivity index (χ3v) is 7.83. The van der Waals surface area contributed by atoms with Gasteiger partial charge in [-0.25, -0.2) is 10.0 Å². The fourth-order valence-corrected chi connectivity index (χ4v) is 6.64. The highest BCUT2D eigenvalue weighted by Crippen LogP contribution is 2.44. The largest absolute Gasteiger partial charge is 1.00 e. The molecule has 1 aliphatic carbocycles. The van der Waals surface area contributed by atoms with E-state index in [0.717, 1.165) is 30.8 Å². The van der Waals surface area contributed by atoms with Crippen molar-refractivity contribution < 1.29 is 36.0 Å². The number of rotatable bonds is 3. The Bertz CT molecular complexity index is 537. The minimum atomic E-state index is -1.00. The van der Waals surface area contributed by atoms with E-state index in [1.54, 1.807) is 23.5 Å². The molecule has 25 heavy (non-hydrogen) atoms. The van der Waals surface area contributed by atoms with Gasteiger partial charge in [0, 0.05) is 11.5 Å². The first-order chi connectivity index (χ1) is 11.3. The minimum Gasteiger partial charge on any atom is -1.00 e. The van der Waals surface area contributed by atoms with Crippen molar-refractivity contribution in [3.05, 3.63) is 0 Å². The van der Waals surface area contributed by atoms with Gasteiger partial charge in [-0.15, -0.1) is 23.5 Å². The number of nitrogens with zero attached hydrogens (tertiary/aromatic N) is 2. The number of thioether (sulfide) groups is 2. The first kappa shape index (κ1) is 21.1. The summed E-state index contributed by atoms with van der Waals surface area (Å²) in [4.78, 5) is 40.5. The molecule has 0 bridgehead atoms. The molecule has 9 heteroatoms. The first-order valence-corrected chi connectivity index (χ1v) is 10.6. The molecule has 2 aliphatic heterocycles. The molecule has 2 atom stereocenters. The molecule has 0 aromatic heterocycles. The first-order valence-electron chi connectivity index (χ1n) is 8.51. The van der Waals surface area contributed by atoms with E-state index in [9.17, 15) is 14.4 Å². The average Bonchev–Trinajstić information content (AvgIpc) is 2.79. The molecule has 0 aromatic rings. The molecule has 0 spiro atoms.